The average Bonchev–Trinajstić information content (AvgIpc) is 2.19. The summed E-state index contributed by atoms with van der Waals surface area (Å²) in [5.41, 5.74) is 6.26. The third kappa shape index (κ3) is 2.11. The highest BCUT2D eigenvalue weighted by atomic mass is 35.5. The largest absolute Gasteiger partial charge is 0.397 e. The zero-order valence-electron chi connectivity index (χ0n) is 9.09. The lowest BCUT2D eigenvalue weighted by Gasteiger charge is -2.39. The number of halogens is 1. The van der Waals surface area contributed by atoms with E-state index in [2.05, 4.69) is 10.3 Å². The molecule has 0 bridgehead atoms. The van der Waals surface area contributed by atoms with E-state index in [1.165, 1.54) is 6.20 Å². The maximum atomic E-state index is 11.9. The van der Waals surface area contributed by atoms with E-state index >= 15 is 0 Å². The Bertz CT molecular complexity index is 429. The van der Waals surface area contributed by atoms with Gasteiger partial charge in [-0.1, -0.05) is 11.6 Å². The van der Waals surface area contributed by atoms with E-state index in [1.807, 2.05) is 6.92 Å². The molecule has 0 aromatic carbocycles. The van der Waals surface area contributed by atoms with Gasteiger partial charge in [0.15, 0.2) is 0 Å². The van der Waals surface area contributed by atoms with E-state index in [-0.39, 0.29) is 16.6 Å². The molecule has 0 saturated heterocycles. The molecule has 1 aliphatic rings. The summed E-state index contributed by atoms with van der Waals surface area (Å²) in [6.45, 7) is 2.03. The third-order valence-electron chi connectivity index (χ3n) is 2.98. The molecule has 1 saturated carbocycles. The van der Waals surface area contributed by atoms with Gasteiger partial charge >= 0.3 is 0 Å². The van der Waals surface area contributed by atoms with Crippen molar-refractivity contribution < 1.29 is 4.79 Å². The summed E-state index contributed by atoms with van der Waals surface area (Å²) in [5, 5.41) is 3.15. The minimum Gasteiger partial charge on any atom is -0.397 e. The number of carbonyl (C=O) groups excluding carboxylic acids is 1. The molecule has 2 rings (SSSR count). The molecule has 1 aromatic rings. The Hall–Kier alpha value is -1.29. The van der Waals surface area contributed by atoms with Gasteiger partial charge in [0.2, 0.25) is 0 Å². The number of nitrogens with two attached hydrogens (primary N) is 1. The number of nitrogens with zero attached hydrogens (tertiary/aromatic N) is 1. The molecule has 0 radical (unpaired) electrons. The first-order chi connectivity index (χ1) is 7.50. The first-order valence-corrected chi connectivity index (χ1v) is 5.61. The van der Waals surface area contributed by atoms with Crippen LogP contribution in [0, 0.1) is 0 Å². The summed E-state index contributed by atoms with van der Waals surface area (Å²) in [7, 11) is 0. The highest BCUT2D eigenvalue weighted by Gasteiger charge is 2.33. The number of hydrogen-bond acceptors (Lipinski definition) is 3. The van der Waals surface area contributed by atoms with E-state index < -0.39 is 0 Å². The van der Waals surface area contributed by atoms with Crippen LogP contribution in [0.2, 0.25) is 5.15 Å². The zero-order valence-corrected chi connectivity index (χ0v) is 9.84. The standard InChI is InChI=1S/C11H14ClN3O/c1-11(3-2-4-11)15-10(16)8-5-7(13)6-14-9(8)12/h5-6H,2-4,13H2,1H3,(H,15,16). The fourth-order valence-corrected chi connectivity index (χ4v) is 1.99. The molecule has 5 heteroatoms. The molecule has 3 N–H and O–H groups in total. The summed E-state index contributed by atoms with van der Waals surface area (Å²) in [4.78, 5) is 15.8. The smallest absolute Gasteiger partial charge is 0.254 e. The molecule has 86 valence electrons. The molecule has 4 nitrogen and oxygen atoms in total. The fourth-order valence-electron chi connectivity index (χ4n) is 1.80. The molecule has 1 aliphatic carbocycles. The van der Waals surface area contributed by atoms with E-state index in [0.29, 0.717) is 11.3 Å². The predicted octanol–water partition coefficient (Wildman–Crippen LogP) is 1.99. The van der Waals surface area contributed by atoms with Gasteiger partial charge < -0.3 is 11.1 Å². The van der Waals surface area contributed by atoms with Crippen LogP contribution in [0.15, 0.2) is 12.3 Å². The second-order valence-electron chi connectivity index (χ2n) is 4.48. The zero-order chi connectivity index (χ0) is 11.8. The molecule has 0 unspecified atom stereocenters. The maximum Gasteiger partial charge on any atom is 0.254 e. The highest BCUT2D eigenvalue weighted by Crippen LogP contribution is 2.31. The molecule has 1 amide bonds. The van der Waals surface area contributed by atoms with Gasteiger partial charge in [-0.05, 0) is 32.3 Å². The molecular formula is C11H14ClN3O. The van der Waals surface area contributed by atoms with Gasteiger partial charge in [-0.25, -0.2) is 4.98 Å². The summed E-state index contributed by atoms with van der Waals surface area (Å²) >= 11 is 5.85. The Labute approximate surface area is 99.2 Å². The summed E-state index contributed by atoms with van der Waals surface area (Å²) in [5.74, 6) is -0.202. The van der Waals surface area contributed by atoms with E-state index in [1.54, 1.807) is 6.07 Å². The number of hydrogen-bond donors (Lipinski definition) is 2. The summed E-state index contributed by atoms with van der Waals surface area (Å²) in [6, 6.07) is 1.55. The van der Waals surface area contributed by atoms with Crippen LogP contribution in [-0.4, -0.2) is 16.4 Å². The van der Waals surface area contributed by atoms with E-state index in [9.17, 15) is 4.79 Å². The molecule has 1 aromatic heterocycles. The number of anilines is 1. The molecule has 0 spiro atoms. The van der Waals surface area contributed by atoms with Gasteiger partial charge in [0.1, 0.15) is 5.15 Å². The maximum absolute atomic E-state index is 11.9. The Kier molecular flexibility index (Phi) is 2.76. The van der Waals surface area contributed by atoms with Crippen LogP contribution >= 0.6 is 11.6 Å². The molecule has 0 atom stereocenters. The lowest BCUT2D eigenvalue weighted by Crippen LogP contribution is -2.51. The van der Waals surface area contributed by atoms with E-state index in [0.717, 1.165) is 19.3 Å². The SMILES string of the molecule is CC1(NC(=O)c2cc(N)cnc2Cl)CCC1. The summed E-state index contributed by atoms with van der Waals surface area (Å²) < 4.78 is 0. The highest BCUT2D eigenvalue weighted by molar-refractivity contribution is 6.32. The first-order valence-electron chi connectivity index (χ1n) is 5.24. The van der Waals surface area contributed by atoms with Crippen LogP contribution < -0.4 is 11.1 Å². The normalized spacial score (nSPS) is 17.6. The second-order valence-corrected chi connectivity index (χ2v) is 4.83. The number of pyridine rings is 1. The van der Waals surface area contributed by atoms with Crippen molar-refractivity contribution in [2.75, 3.05) is 5.73 Å². The number of nitrogens with one attached hydrogen (secondary N) is 1. The van der Waals surface area contributed by atoms with Crippen molar-refractivity contribution in [3.8, 4) is 0 Å². The van der Waals surface area contributed by atoms with Crippen molar-refractivity contribution >= 4 is 23.2 Å². The fraction of sp³-hybridized carbons (Fsp3) is 0.455. The number of amides is 1. The van der Waals surface area contributed by atoms with Crippen LogP contribution in [0.4, 0.5) is 5.69 Å². The van der Waals surface area contributed by atoms with Crippen molar-refractivity contribution in [2.45, 2.75) is 31.7 Å². The topological polar surface area (TPSA) is 68.0 Å². The number of nitrogen functional groups attached to an aromatic ring is 1. The van der Waals surface area contributed by atoms with Crippen LogP contribution in [0.1, 0.15) is 36.5 Å². The molecular weight excluding hydrogens is 226 g/mol. The Balaban J connectivity index is 2.17. The minimum absolute atomic E-state index is 0.0922. The molecule has 16 heavy (non-hydrogen) atoms. The number of rotatable bonds is 2. The first kappa shape index (κ1) is 11.2. The van der Waals surface area contributed by atoms with Crippen LogP contribution in [0.3, 0.4) is 0 Å². The van der Waals surface area contributed by atoms with E-state index in [4.69, 9.17) is 17.3 Å². The average molecular weight is 240 g/mol. The van der Waals surface area contributed by atoms with Gasteiger partial charge in [0.05, 0.1) is 17.4 Å². The van der Waals surface area contributed by atoms with Crippen molar-refractivity contribution in [2.24, 2.45) is 0 Å². The van der Waals surface area contributed by atoms with Crippen molar-refractivity contribution in [1.29, 1.82) is 0 Å². The van der Waals surface area contributed by atoms with Gasteiger partial charge in [0, 0.05) is 5.54 Å². The van der Waals surface area contributed by atoms with Gasteiger partial charge in [-0.2, -0.15) is 0 Å². The Morgan fingerprint density at radius 1 is 1.62 bits per heavy atom. The quantitative estimate of drug-likeness (QED) is 0.776. The second kappa shape index (κ2) is 3.94. The van der Waals surface area contributed by atoms with Gasteiger partial charge in [-0.3, -0.25) is 4.79 Å². The minimum atomic E-state index is -0.202. The van der Waals surface area contributed by atoms with Crippen LogP contribution in [0.5, 0.6) is 0 Å². The summed E-state index contributed by atoms with van der Waals surface area (Å²) in [6.07, 6.45) is 4.60. The molecule has 0 aliphatic heterocycles. The molecule has 1 heterocycles. The Morgan fingerprint density at radius 3 is 2.88 bits per heavy atom. The Morgan fingerprint density at radius 2 is 2.31 bits per heavy atom. The van der Waals surface area contributed by atoms with Crippen molar-refractivity contribution in [3.05, 3.63) is 23.0 Å². The van der Waals surface area contributed by atoms with Gasteiger partial charge in [-0.15, -0.1) is 0 Å². The van der Waals surface area contributed by atoms with Crippen LogP contribution in [-0.2, 0) is 0 Å². The van der Waals surface area contributed by atoms with Crippen LogP contribution in [0.25, 0.3) is 0 Å². The third-order valence-corrected chi connectivity index (χ3v) is 3.28. The lowest BCUT2D eigenvalue weighted by atomic mass is 9.78. The van der Waals surface area contributed by atoms with Gasteiger partial charge in [0.25, 0.3) is 5.91 Å². The van der Waals surface area contributed by atoms with Crippen molar-refractivity contribution in [1.82, 2.24) is 10.3 Å². The molecule has 1 fully saturated rings. The number of carbonyl (C=O) groups is 1. The monoisotopic (exact) mass is 239 g/mol. The number of aromatic nitrogens is 1. The predicted molar refractivity (Wildman–Crippen MR) is 63.4 cm³/mol. The van der Waals surface area contributed by atoms with Crippen molar-refractivity contribution in [3.63, 3.8) is 0 Å². The lowest BCUT2D eigenvalue weighted by molar-refractivity contribution is 0.0850.